The average Bonchev–Trinajstić information content (AvgIpc) is 2.38. The van der Waals surface area contributed by atoms with Crippen LogP contribution in [0.4, 0.5) is 5.69 Å². The van der Waals surface area contributed by atoms with Crippen LogP contribution >= 0.6 is 15.9 Å². The predicted molar refractivity (Wildman–Crippen MR) is 76.1 cm³/mol. The fraction of sp³-hybridized carbons (Fsp3) is 0.571. The highest BCUT2D eigenvalue weighted by molar-refractivity contribution is 9.08. The van der Waals surface area contributed by atoms with Gasteiger partial charge in [0, 0.05) is 24.1 Å². The molecule has 1 unspecified atom stereocenters. The van der Waals surface area contributed by atoms with Gasteiger partial charge in [-0.3, -0.25) is 0 Å². The molecule has 2 rings (SSSR count). The molecule has 0 saturated carbocycles. The summed E-state index contributed by atoms with van der Waals surface area (Å²) in [5.74, 6) is 0. The van der Waals surface area contributed by atoms with Crippen LogP contribution in [0.25, 0.3) is 0 Å². The fourth-order valence-corrected chi connectivity index (χ4v) is 2.76. The molecular formula is C14H20BrNO. The summed E-state index contributed by atoms with van der Waals surface area (Å²) < 4.78 is 5.72. The predicted octanol–water partition coefficient (Wildman–Crippen LogP) is 3.51. The highest BCUT2D eigenvalue weighted by Gasteiger charge is 2.20. The summed E-state index contributed by atoms with van der Waals surface area (Å²) in [6.45, 7) is 7.19. The Hall–Kier alpha value is -0.540. The highest BCUT2D eigenvalue weighted by Crippen LogP contribution is 2.26. The SMILES string of the molecule is CCC1CN(c2ccc(C)cc2CBr)CCO1. The van der Waals surface area contributed by atoms with E-state index in [9.17, 15) is 0 Å². The second kappa shape index (κ2) is 5.87. The van der Waals surface area contributed by atoms with Crippen molar-refractivity contribution in [3.63, 3.8) is 0 Å². The third-order valence-corrected chi connectivity index (χ3v) is 3.92. The average molecular weight is 298 g/mol. The minimum absolute atomic E-state index is 0.383. The third kappa shape index (κ3) is 3.02. The minimum Gasteiger partial charge on any atom is -0.375 e. The number of hydrogen-bond acceptors (Lipinski definition) is 2. The fourth-order valence-electron chi connectivity index (χ4n) is 2.31. The van der Waals surface area contributed by atoms with Crippen LogP contribution in [-0.2, 0) is 10.1 Å². The van der Waals surface area contributed by atoms with Gasteiger partial charge in [0.25, 0.3) is 0 Å². The molecule has 0 bridgehead atoms. The van der Waals surface area contributed by atoms with Crippen molar-refractivity contribution in [2.45, 2.75) is 31.7 Å². The smallest absolute Gasteiger partial charge is 0.0748 e. The monoisotopic (exact) mass is 297 g/mol. The highest BCUT2D eigenvalue weighted by atomic mass is 79.9. The van der Waals surface area contributed by atoms with Crippen LogP contribution in [0.1, 0.15) is 24.5 Å². The second-order valence-corrected chi connectivity index (χ2v) is 5.17. The van der Waals surface area contributed by atoms with Gasteiger partial charge in [-0.05, 0) is 25.0 Å². The molecular weight excluding hydrogens is 278 g/mol. The van der Waals surface area contributed by atoms with E-state index in [4.69, 9.17) is 4.74 Å². The van der Waals surface area contributed by atoms with Gasteiger partial charge in [0.1, 0.15) is 0 Å². The normalized spacial score (nSPS) is 20.6. The van der Waals surface area contributed by atoms with Crippen molar-refractivity contribution in [1.82, 2.24) is 0 Å². The number of anilines is 1. The molecule has 1 saturated heterocycles. The Kier molecular flexibility index (Phi) is 4.46. The number of hydrogen-bond donors (Lipinski definition) is 0. The largest absolute Gasteiger partial charge is 0.375 e. The van der Waals surface area contributed by atoms with E-state index in [2.05, 4.69) is 52.9 Å². The standard InChI is InChI=1S/C14H20BrNO/c1-3-13-10-16(6-7-17-13)14-5-4-11(2)8-12(14)9-15/h4-5,8,13H,3,6-7,9-10H2,1-2H3. The Balaban J connectivity index is 2.20. The van der Waals surface area contributed by atoms with E-state index < -0.39 is 0 Å². The third-order valence-electron chi connectivity index (χ3n) is 3.31. The Morgan fingerprint density at radius 2 is 2.29 bits per heavy atom. The zero-order chi connectivity index (χ0) is 12.3. The number of morpholine rings is 1. The number of aryl methyl sites for hydroxylation is 1. The number of benzene rings is 1. The van der Waals surface area contributed by atoms with Crippen molar-refractivity contribution in [1.29, 1.82) is 0 Å². The Labute approximate surface area is 112 Å². The van der Waals surface area contributed by atoms with Crippen LogP contribution < -0.4 is 4.90 Å². The first-order valence-electron chi connectivity index (χ1n) is 6.26. The van der Waals surface area contributed by atoms with Crippen molar-refractivity contribution in [2.24, 2.45) is 0 Å². The molecule has 94 valence electrons. The van der Waals surface area contributed by atoms with Crippen LogP contribution in [0.2, 0.25) is 0 Å². The first-order chi connectivity index (χ1) is 8.24. The first kappa shape index (κ1) is 12.9. The lowest BCUT2D eigenvalue weighted by atomic mass is 10.1. The van der Waals surface area contributed by atoms with Gasteiger partial charge >= 0.3 is 0 Å². The number of alkyl halides is 1. The zero-order valence-corrected chi connectivity index (χ0v) is 12.2. The quantitative estimate of drug-likeness (QED) is 0.792. The molecule has 1 fully saturated rings. The molecule has 2 nitrogen and oxygen atoms in total. The van der Waals surface area contributed by atoms with Crippen LogP contribution in [0.5, 0.6) is 0 Å². The first-order valence-corrected chi connectivity index (χ1v) is 7.38. The van der Waals surface area contributed by atoms with Crippen LogP contribution in [0, 0.1) is 6.92 Å². The van der Waals surface area contributed by atoms with Crippen LogP contribution in [-0.4, -0.2) is 25.8 Å². The summed E-state index contributed by atoms with van der Waals surface area (Å²) in [5, 5.41) is 0.915. The molecule has 1 aliphatic heterocycles. The maximum atomic E-state index is 5.72. The molecule has 0 amide bonds. The van der Waals surface area contributed by atoms with Crippen molar-refractivity contribution in [3.05, 3.63) is 29.3 Å². The van der Waals surface area contributed by atoms with Gasteiger partial charge in [0.15, 0.2) is 0 Å². The maximum Gasteiger partial charge on any atom is 0.0748 e. The number of nitrogens with zero attached hydrogens (tertiary/aromatic N) is 1. The molecule has 1 aromatic rings. The molecule has 0 N–H and O–H groups in total. The van der Waals surface area contributed by atoms with Crippen molar-refractivity contribution < 1.29 is 4.74 Å². The minimum atomic E-state index is 0.383. The number of rotatable bonds is 3. The zero-order valence-electron chi connectivity index (χ0n) is 10.6. The Morgan fingerprint density at radius 3 is 3.00 bits per heavy atom. The molecule has 0 spiro atoms. The molecule has 17 heavy (non-hydrogen) atoms. The summed E-state index contributed by atoms with van der Waals surface area (Å²) in [7, 11) is 0. The van der Waals surface area contributed by atoms with E-state index in [0.717, 1.165) is 31.4 Å². The lowest BCUT2D eigenvalue weighted by Crippen LogP contribution is -2.42. The molecule has 0 radical (unpaired) electrons. The van der Waals surface area contributed by atoms with Gasteiger partial charge in [-0.25, -0.2) is 0 Å². The van der Waals surface area contributed by atoms with Crippen molar-refractivity contribution in [2.75, 3.05) is 24.6 Å². The summed E-state index contributed by atoms with van der Waals surface area (Å²) in [6.07, 6.45) is 1.47. The second-order valence-electron chi connectivity index (χ2n) is 4.61. The summed E-state index contributed by atoms with van der Waals surface area (Å²) >= 11 is 3.58. The van der Waals surface area contributed by atoms with E-state index in [0.29, 0.717) is 6.10 Å². The molecule has 1 aromatic carbocycles. The number of ether oxygens (including phenoxy) is 1. The van der Waals surface area contributed by atoms with E-state index in [1.165, 1.54) is 16.8 Å². The van der Waals surface area contributed by atoms with E-state index in [-0.39, 0.29) is 0 Å². The summed E-state index contributed by atoms with van der Waals surface area (Å²) in [5.41, 5.74) is 4.06. The summed E-state index contributed by atoms with van der Waals surface area (Å²) in [6, 6.07) is 6.70. The molecule has 0 aliphatic carbocycles. The lowest BCUT2D eigenvalue weighted by Gasteiger charge is -2.35. The number of halogens is 1. The van der Waals surface area contributed by atoms with E-state index >= 15 is 0 Å². The Bertz CT molecular complexity index is 380. The molecule has 3 heteroatoms. The van der Waals surface area contributed by atoms with E-state index in [1.807, 2.05) is 0 Å². The van der Waals surface area contributed by atoms with Gasteiger partial charge in [-0.15, -0.1) is 0 Å². The van der Waals surface area contributed by atoms with Crippen molar-refractivity contribution >= 4 is 21.6 Å². The molecule has 1 heterocycles. The molecule has 1 aliphatic rings. The van der Waals surface area contributed by atoms with Crippen LogP contribution in [0.3, 0.4) is 0 Å². The van der Waals surface area contributed by atoms with Crippen molar-refractivity contribution in [3.8, 4) is 0 Å². The van der Waals surface area contributed by atoms with Gasteiger partial charge in [0.2, 0.25) is 0 Å². The molecule has 0 aromatic heterocycles. The lowest BCUT2D eigenvalue weighted by molar-refractivity contribution is 0.0384. The van der Waals surface area contributed by atoms with Gasteiger partial charge in [-0.1, -0.05) is 40.5 Å². The van der Waals surface area contributed by atoms with Gasteiger partial charge in [0.05, 0.1) is 12.7 Å². The van der Waals surface area contributed by atoms with Gasteiger partial charge in [-0.2, -0.15) is 0 Å². The topological polar surface area (TPSA) is 12.5 Å². The Morgan fingerprint density at radius 1 is 1.47 bits per heavy atom. The van der Waals surface area contributed by atoms with Gasteiger partial charge < -0.3 is 9.64 Å². The van der Waals surface area contributed by atoms with E-state index in [1.54, 1.807) is 0 Å². The molecule has 1 atom stereocenters. The maximum absolute atomic E-state index is 5.72. The van der Waals surface area contributed by atoms with Crippen LogP contribution in [0.15, 0.2) is 18.2 Å². The summed E-state index contributed by atoms with van der Waals surface area (Å²) in [4.78, 5) is 2.45.